The van der Waals surface area contributed by atoms with Crippen LogP contribution < -0.4 is 10.2 Å². The first-order valence-corrected chi connectivity index (χ1v) is 8.39. The van der Waals surface area contributed by atoms with Crippen LogP contribution in [0, 0.1) is 0 Å². The van der Waals surface area contributed by atoms with Crippen LogP contribution in [0.4, 0.5) is 11.5 Å². The highest BCUT2D eigenvalue weighted by atomic mass is 16.1. The Labute approximate surface area is 137 Å². The number of rotatable bonds is 4. The molecule has 23 heavy (non-hydrogen) atoms. The van der Waals surface area contributed by atoms with Gasteiger partial charge in [-0.05, 0) is 49.4 Å². The molecule has 1 aromatic carbocycles. The Morgan fingerprint density at radius 1 is 1.09 bits per heavy atom. The molecule has 0 bridgehead atoms. The standard InChI is InChI=1S/C19H23N3O/c1-2-15-9-4-5-10-16(15)21-19(23)17-11-8-12-18(20-17)22-13-6-3-7-14-22/h4-5,8-12H,2-3,6-7,13-14H2,1H3,(H,21,23). The Balaban J connectivity index is 1.77. The topological polar surface area (TPSA) is 45.2 Å². The van der Waals surface area contributed by atoms with Crippen LogP contribution in [-0.2, 0) is 6.42 Å². The average molecular weight is 309 g/mol. The Hall–Kier alpha value is -2.36. The third kappa shape index (κ3) is 3.70. The Bertz CT molecular complexity index is 678. The summed E-state index contributed by atoms with van der Waals surface area (Å²) in [5, 5.41) is 2.99. The number of benzene rings is 1. The van der Waals surface area contributed by atoms with Gasteiger partial charge < -0.3 is 10.2 Å². The van der Waals surface area contributed by atoms with Crippen molar-refractivity contribution in [1.82, 2.24) is 4.98 Å². The number of hydrogen-bond donors (Lipinski definition) is 1. The third-order valence-corrected chi connectivity index (χ3v) is 4.29. The summed E-state index contributed by atoms with van der Waals surface area (Å²) >= 11 is 0. The lowest BCUT2D eigenvalue weighted by atomic mass is 10.1. The number of para-hydroxylation sites is 1. The molecule has 1 amide bonds. The number of nitrogens with zero attached hydrogens (tertiary/aromatic N) is 2. The van der Waals surface area contributed by atoms with Gasteiger partial charge in [0.05, 0.1) is 0 Å². The molecule has 1 N–H and O–H groups in total. The highest BCUT2D eigenvalue weighted by Gasteiger charge is 2.15. The number of piperidine rings is 1. The van der Waals surface area contributed by atoms with Gasteiger partial charge in [0.25, 0.3) is 5.91 Å². The first-order chi connectivity index (χ1) is 11.3. The minimum atomic E-state index is -0.148. The van der Waals surface area contributed by atoms with E-state index in [1.54, 1.807) is 6.07 Å². The second kappa shape index (κ2) is 7.27. The van der Waals surface area contributed by atoms with Crippen LogP contribution >= 0.6 is 0 Å². The fraction of sp³-hybridized carbons (Fsp3) is 0.368. The van der Waals surface area contributed by atoms with Crippen molar-refractivity contribution in [3.8, 4) is 0 Å². The molecule has 2 heterocycles. The van der Waals surface area contributed by atoms with Crippen molar-refractivity contribution in [2.24, 2.45) is 0 Å². The highest BCUT2D eigenvalue weighted by molar-refractivity contribution is 6.03. The van der Waals surface area contributed by atoms with E-state index in [1.807, 2.05) is 36.4 Å². The molecule has 2 aromatic rings. The fourth-order valence-corrected chi connectivity index (χ4v) is 2.99. The maximum atomic E-state index is 12.5. The van der Waals surface area contributed by atoms with Gasteiger partial charge in [0.15, 0.2) is 0 Å². The van der Waals surface area contributed by atoms with E-state index in [2.05, 4.69) is 22.1 Å². The zero-order valence-electron chi connectivity index (χ0n) is 13.6. The maximum Gasteiger partial charge on any atom is 0.274 e. The molecular formula is C19H23N3O. The van der Waals surface area contributed by atoms with E-state index in [0.717, 1.165) is 36.6 Å². The summed E-state index contributed by atoms with van der Waals surface area (Å²) in [6.07, 6.45) is 4.56. The first-order valence-electron chi connectivity index (χ1n) is 8.39. The average Bonchev–Trinajstić information content (AvgIpc) is 2.63. The smallest absolute Gasteiger partial charge is 0.274 e. The van der Waals surface area contributed by atoms with Gasteiger partial charge in [0.1, 0.15) is 11.5 Å². The number of hydrogen-bond acceptors (Lipinski definition) is 3. The fourth-order valence-electron chi connectivity index (χ4n) is 2.99. The molecule has 1 saturated heterocycles. The number of aryl methyl sites for hydroxylation is 1. The Morgan fingerprint density at radius 3 is 2.65 bits per heavy atom. The second-order valence-corrected chi connectivity index (χ2v) is 5.89. The lowest BCUT2D eigenvalue weighted by molar-refractivity contribution is 0.102. The predicted molar refractivity (Wildman–Crippen MR) is 94.1 cm³/mol. The molecule has 0 atom stereocenters. The summed E-state index contributed by atoms with van der Waals surface area (Å²) in [6, 6.07) is 13.6. The normalized spacial score (nSPS) is 14.6. The lowest BCUT2D eigenvalue weighted by Gasteiger charge is -2.27. The van der Waals surface area contributed by atoms with Crippen LogP contribution in [0.1, 0.15) is 42.2 Å². The SMILES string of the molecule is CCc1ccccc1NC(=O)c1cccc(N2CCCCC2)n1. The molecule has 4 nitrogen and oxygen atoms in total. The summed E-state index contributed by atoms with van der Waals surface area (Å²) in [5.41, 5.74) is 2.47. The number of carbonyl (C=O) groups excluding carboxylic acids is 1. The number of aromatic nitrogens is 1. The Kier molecular flexibility index (Phi) is 4.91. The van der Waals surface area contributed by atoms with Gasteiger partial charge in [-0.2, -0.15) is 0 Å². The van der Waals surface area contributed by atoms with Gasteiger partial charge in [-0.25, -0.2) is 4.98 Å². The second-order valence-electron chi connectivity index (χ2n) is 5.89. The molecule has 3 rings (SSSR count). The van der Waals surface area contributed by atoms with E-state index < -0.39 is 0 Å². The van der Waals surface area contributed by atoms with Crippen molar-refractivity contribution in [3.63, 3.8) is 0 Å². The van der Waals surface area contributed by atoms with Crippen molar-refractivity contribution in [2.75, 3.05) is 23.3 Å². The third-order valence-electron chi connectivity index (χ3n) is 4.29. The molecule has 0 saturated carbocycles. The summed E-state index contributed by atoms with van der Waals surface area (Å²) < 4.78 is 0. The summed E-state index contributed by atoms with van der Waals surface area (Å²) in [6.45, 7) is 4.13. The zero-order valence-corrected chi connectivity index (χ0v) is 13.6. The highest BCUT2D eigenvalue weighted by Crippen LogP contribution is 2.19. The van der Waals surface area contributed by atoms with E-state index in [0.29, 0.717) is 5.69 Å². The minimum Gasteiger partial charge on any atom is -0.357 e. The molecule has 0 spiro atoms. The predicted octanol–water partition coefficient (Wildman–Crippen LogP) is 3.89. The summed E-state index contributed by atoms with van der Waals surface area (Å²) in [4.78, 5) is 19.4. The van der Waals surface area contributed by atoms with Crippen LogP contribution in [-0.4, -0.2) is 24.0 Å². The number of carbonyl (C=O) groups is 1. The van der Waals surface area contributed by atoms with Gasteiger partial charge in [-0.15, -0.1) is 0 Å². The molecular weight excluding hydrogens is 286 g/mol. The van der Waals surface area contributed by atoms with E-state index >= 15 is 0 Å². The molecule has 0 radical (unpaired) electrons. The molecule has 1 aliphatic heterocycles. The molecule has 120 valence electrons. The number of anilines is 2. The van der Waals surface area contributed by atoms with Crippen molar-refractivity contribution in [1.29, 1.82) is 0 Å². The van der Waals surface area contributed by atoms with Crippen molar-refractivity contribution >= 4 is 17.4 Å². The molecule has 1 aliphatic rings. The van der Waals surface area contributed by atoms with Gasteiger partial charge >= 0.3 is 0 Å². The van der Waals surface area contributed by atoms with Crippen molar-refractivity contribution in [2.45, 2.75) is 32.6 Å². The summed E-state index contributed by atoms with van der Waals surface area (Å²) in [5.74, 6) is 0.755. The maximum absolute atomic E-state index is 12.5. The molecule has 0 aliphatic carbocycles. The van der Waals surface area contributed by atoms with Crippen LogP contribution in [0.3, 0.4) is 0 Å². The lowest BCUT2D eigenvalue weighted by Crippen LogP contribution is -2.30. The summed E-state index contributed by atoms with van der Waals surface area (Å²) in [7, 11) is 0. The van der Waals surface area contributed by atoms with Crippen molar-refractivity contribution in [3.05, 3.63) is 53.7 Å². The molecule has 0 unspecified atom stereocenters. The van der Waals surface area contributed by atoms with Gasteiger partial charge in [0.2, 0.25) is 0 Å². The van der Waals surface area contributed by atoms with E-state index in [-0.39, 0.29) is 5.91 Å². The largest absolute Gasteiger partial charge is 0.357 e. The molecule has 4 heteroatoms. The van der Waals surface area contributed by atoms with Gasteiger partial charge in [0, 0.05) is 18.8 Å². The van der Waals surface area contributed by atoms with Crippen molar-refractivity contribution < 1.29 is 4.79 Å². The number of amides is 1. The van der Waals surface area contributed by atoms with Crippen LogP contribution in [0.15, 0.2) is 42.5 Å². The Morgan fingerprint density at radius 2 is 1.87 bits per heavy atom. The van der Waals surface area contributed by atoms with Crippen LogP contribution in [0.2, 0.25) is 0 Å². The quantitative estimate of drug-likeness (QED) is 0.932. The first kappa shape index (κ1) is 15.5. The van der Waals surface area contributed by atoms with Crippen LogP contribution in [0.25, 0.3) is 0 Å². The van der Waals surface area contributed by atoms with E-state index in [4.69, 9.17) is 0 Å². The monoisotopic (exact) mass is 309 g/mol. The number of pyridine rings is 1. The molecule has 1 aromatic heterocycles. The van der Waals surface area contributed by atoms with E-state index in [1.165, 1.54) is 19.3 Å². The van der Waals surface area contributed by atoms with E-state index in [9.17, 15) is 4.79 Å². The van der Waals surface area contributed by atoms with Gasteiger partial charge in [-0.1, -0.05) is 31.2 Å². The zero-order chi connectivity index (χ0) is 16.1. The molecule has 1 fully saturated rings. The minimum absolute atomic E-state index is 0.148. The van der Waals surface area contributed by atoms with Gasteiger partial charge in [-0.3, -0.25) is 4.79 Å². The number of nitrogens with one attached hydrogen (secondary N) is 1. The van der Waals surface area contributed by atoms with Crippen LogP contribution in [0.5, 0.6) is 0 Å².